The van der Waals surface area contributed by atoms with Crippen molar-refractivity contribution in [1.29, 1.82) is 0 Å². The molecule has 0 radical (unpaired) electrons. The number of hydrogen-bond donors (Lipinski definition) is 0. The molecule has 2 atom stereocenters. The molecule has 5 nitrogen and oxygen atoms in total. The number of likely N-dealkylation sites (tertiary alicyclic amines) is 1. The lowest BCUT2D eigenvalue weighted by atomic mass is 9.72. The number of amides is 2. The molecule has 0 aromatic rings. The predicted molar refractivity (Wildman–Crippen MR) is 98.1 cm³/mol. The molecule has 1 heterocycles. The van der Waals surface area contributed by atoms with E-state index in [1.54, 1.807) is 0 Å². The number of esters is 1. The van der Waals surface area contributed by atoms with Gasteiger partial charge in [0.15, 0.2) is 0 Å². The average molecular weight is 363 g/mol. The van der Waals surface area contributed by atoms with E-state index in [-0.39, 0.29) is 48.7 Å². The second-order valence-electron chi connectivity index (χ2n) is 9.41. The van der Waals surface area contributed by atoms with Crippen molar-refractivity contribution in [3.63, 3.8) is 0 Å². The van der Waals surface area contributed by atoms with Crippen LogP contribution in [0.1, 0.15) is 78.6 Å². The van der Waals surface area contributed by atoms with Crippen LogP contribution in [-0.2, 0) is 19.1 Å². The fourth-order valence-electron chi connectivity index (χ4n) is 4.95. The normalized spacial score (nSPS) is 32.5. The van der Waals surface area contributed by atoms with E-state index in [1.807, 2.05) is 0 Å². The molecule has 1 saturated heterocycles. The van der Waals surface area contributed by atoms with Gasteiger partial charge in [-0.2, -0.15) is 0 Å². The monoisotopic (exact) mass is 363 g/mol. The van der Waals surface area contributed by atoms with Gasteiger partial charge >= 0.3 is 5.97 Å². The Morgan fingerprint density at radius 1 is 0.962 bits per heavy atom. The summed E-state index contributed by atoms with van der Waals surface area (Å²) in [6, 6.07) is 0. The molecule has 0 bridgehead atoms. The van der Waals surface area contributed by atoms with Crippen molar-refractivity contribution in [3.05, 3.63) is 0 Å². The van der Waals surface area contributed by atoms with Gasteiger partial charge in [0.25, 0.3) is 0 Å². The molecule has 0 unspecified atom stereocenters. The summed E-state index contributed by atoms with van der Waals surface area (Å²) in [4.78, 5) is 38.4. The standard InChI is InChI=1S/C21H33NO4/c1-21(2,3)14-8-10-15(11-9-14)26-18(23)12-13-22-19(24)16-6-4-5-7-17(16)20(22)25/h14-17H,4-13H2,1-3H3/t14?,15?,16-,17-/m1/s1. The fourth-order valence-corrected chi connectivity index (χ4v) is 4.95. The lowest BCUT2D eigenvalue weighted by molar-refractivity contribution is -0.152. The maximum absolute atomic E-state index is 12.4. The summed E-state index contributed by atoms with van der Waals surface area (Å²) in [6.45, 7) is 6.99. The molecule has 0 aromatic carbocycles. The lowest BCUT2D eigenvalue weighted by Gasteiger charge is -2.36. The maximum Gasteiger partial charge on any atom is 0.307 e. The SMILES string of the molecule is CC(C)(C)C1CCC(OC(=O)CCN2C(=O)[C@@H]3CCCC[C@H]3C2=O)CC1. The molecule has 146 valence electrons. The third-order valence-corrected chi connectivity index (χ3v) is 6.67. The van der Waals surface area contributed by atoms with Gasteiger partial charge in [-0.05, 0) is 49.9 Å². The van der Waals surface area contributed by atoms with Gasteiger partial charge in [0.2, 0.25) is 11.8 Å². The van der Waals surface area contributed by atoms with Gasteiger partial charge < -0.3 is 4.74 Å². The topological polar surface area (TPSA) is 63.7 Å². The molecule has 5 heteroatoms. The number of nitrogens with zero attached hydrogens (tertiary/aromatic N) is 1. The number of carbonyl (C=O) groups excluding carboxylic acids is 3. The summed E-state index contributed by atoms with van der Waals surface area (Å²) in [5.74, 6) is -0.0171. The highest BCUT2D eigenvalue weighted by atomic mass is 16.5. The van der Waals surface area contributed by atoms with Crippen LogP contribution in [0.15, 0.2) is 0 Å². The molecule has 26 heavy (non-hydrogen) atoms. The third-order valence-electron chi connectivity index (χ3n) is 6.67. The Morgan fingerprint density at radius 3 is 2.00 bits per heavy atom. The van der Waals surface area contributed by atoms with Crippen LogP contribution in [0.4, 0.5) is 0 Å². The smallest absolute Gasteiger partial charge is 0.307 e. The van der Waals surface area contributed by atoms with E-state index in [0.717, 1.165) is 51.4 Å². The Morgan fingerprint density at radius 2 is 1.50 bits per heavy atom. The van der Waals surface area contributed by atoms with Crippen LogP contribution in [0.3, 0.4) is 0 Å². The van der Waals surface area contributed by atoms with Crippen LogP contribution >= 0.6 is 0 Å². The second kappa shape index (κ2) is 7.69. The summed E-state index contributed by atoms with van der Waals surface area (Å²) in [6.07, 6.45) is 7.80. The summed E-state index contributed by atoms with van der Waals surface area (Å²) in [5, 5.41) is 0. The van der Waals surface area contributed by atoms with Gasteiger partial charge in [-0.3, -0.25) is 19.3 Å². The number of imide groups is 1. The molecule has 0 aromatic heterocycles. The molecule has 2 amide bonds. The van der Waals surface area contributed by atoms with E-state index < -0.39 is 0 Å². The first-order chi connectivity index (χ1) is 12.3. The van der Waals surface area contributed by atoms with Gasteiger partial charge in [-0.1, -0.05) is 33.6 Å². The van der Waals surface area contributed by atoms with E-state index in [2.05, 4.69) is 20.8 Å². The van der Waals surface area contributed by atoms with Gasteiger partial charge in [0.05, 0.1) is 18.3 Å². The highest BCUT2D eigenvalue weighted by molar-refractivity contribution is 6.05. The summed E-state index contributed by atoms with van der Waals surface area (Å²) in [7, 11) is 0. The van der Waals surface area contributed by atoms with Crippen molar-refractivity contribution in [2.45, 2.75) is 84.7 Å². The number of rotatable bonds is 4. The Labute approximate surface area is 156 Å². The first-order valence-electron chi connectivity index (χ1n) is 10.3. The molecular formula is C21H33NO4. The Hall–Kier alpha value is -1.39. The van der Waals surface area contributed by atoms with E-state index in [9.17, 15) is 14.4 Å². The van der Waals surface area contributed by atoms with Crippen LogP contribution in [0.25, 0.3) is 0 Å². The van der Waals surface area contributed by atoms with E-state index in [1.165, 1.54) is 4.90 Å². The average Bonchev–Trinajstić information content (AvgIpc) is 2.84. The second-order valence-corrected chi connectivity index (χ2v) is 9.41. The Balaban J connectivity index is 1.43. The fraction of sp³-hybridized carbons (Fsp3) is 0.857. The molecule has 3 rings (SSSR count). The molecule has 0 N–H and O–H groups in total. The number of ether oxygens (including phenoxy) is 1. The minimum atomic E-state index is -0.278. The van der Waals surface area contributed by atoms with Crippen LogP contribution in [0.2, 0.25) is 0 Å². The summed E-state index contributed by atoms with van der Waals surface area (Å²) < 4.78 is 5.61. The van der Waals surface area contributed by atoms with Crippen LogP contribution in [-0.4, -0.2) is 35.3 Å². The third kappa shape index (κ3) is 4.12. The zero-order chi connectivity index (χ0) is 18.9. The molecule has 1 aliphatic heterocycles. The number of fused-ring (bicyclic) bond motifs is 1. The summed E-state index contributed by atoms with van der Waals surface area (Å²) in [5.41, 5.74) is 0.308. The minimum Gasteiger partial charge on any atom is -0.462 e. The van der Waals surface area contributed by atoms with Crippen LogP contribution < -0.4 is 0 Å². The largest absolute Gasteiger partial charge is 0.462 e. The quantitative estimate of drug-likeness (QED) is 0.564. The van der Waals surface area contributed by atoms with Crippen LogP contribution in [0, 0.1) is 23.2 Å². The van der Waals surface area contributed by atoms with Crippen molar-refractivity contribution in [3.8, 4) is 0 Å². The van der Waals surface area contributed by atoms with Crippen LogP contribution in [0.5, 0.6) is 0 Å². The molecule has 2 aliphatic carbocycles. The van der Waals surface area contributed by atoms with Crippen molar-refractivity contribution < 1.29 is 19.1 Å². The lowest BCUT2D eigenvalue weighted by Crippen LogP contribution is -2.34. The molecule has 3 aliphatic rings. The zero-order valence-electron chi connectivity index (χ0n) is 16.5. The molecule has 3 fully saturated rings. The van der Waals surface area contributed by atoms with Crippen molar-refractivity contribution >= 4 is 17.8 Å². The first kappa shape index (κ1) is 19.4. The van der Waals surface area contributed by atoms with Crippen molar-refractivity contribution in [2.24, 2.45) is 23.2 Å². The first-order valence-corrected chi connectivity index (χ1v) is 10.3. The Bertz CT molecular complexity index is 533. The van der Waals surface area contributed by atoms with E-state index in [0.29, 0.717) is 11.3 Å². The van der Waals surface area contributed by atoms with E-state index in [4.69, 9.17) is 4.74 Å². The number of carbonyl (C=O) groups is 3. The molecule has 0 spiro atoms. The highest BCUT2D eigenvalue weighted by Crippen LogP contribution is 2.39. The highest BCUT2D eigenvalue weighted by Gasteiger charge is 2.47. The van der Waals surface area contributed by atoms with Gasteiger partial charge in [0, 0.05) is 6.54 Å². The molecular weight excluding hydrogens is 330 g/mol. The van der Waals surface area contributed by atoms with Gasteiger partial charge in [-0.15, -0.1) is 0 Å². The van der Waals surface area contributed by atoms with Gasteiger partial charge in [0.1, 0.15) is 6.10 Å². The predicted octanol–water partition coefficient (Wildman–Crippen LogP) is 3.70. The van der Waals surface area contributed by atoms with E-state index >= 15 is 0 Å². The number of hydrogen-bond acceptors (Lipinski definition) is 4. The summed E-state index contributed by atoms with van der Waals surface area (Å²) >= 11 is 0. The molecule has 2 saturated carbocycles. The zero-order valence-corrected chi connectivity index (χ0v) is 16.5. The van der Waals surface area contributed by atoms with Crippen molar-refractivity contribution in [2.75, 3.05) is 6.54 Å². The van der Waals surface area contributed by atoms with Gasteiger partial charge in [-0.25, -0.2) is 0 Å². The Kier molecular flexibility index (Phi) is 5.73. The maximum atomic E-state index is 12.4. The van der Waals surface area contributed by atoms with Crippen molar-refractivity contribution in [1.82, 2.24) is 4.90 Å². The minimum absolute atomic E-state index is 0.00587.